The van der Waals surface area contributed by atoms with Crippen molar-refractivity contribution in [2.45, 2.75) is 12.6 Å². The van der Waals surface area contributed by atoms with Crippen LogP contribution in [-0.4, -0.2) is 17.4 Å². The molecule has 4 nitrogen and oxygen atoms in total. The van der Waals surface area contributed by atoms with Gasteiger partial charge < -0.3 is 15.7 Å². The van der Waals surface area contributed by atoms with Crippen LogP contribution in [0.3, 0.4) is 0 Å². The molecule has 0 saturated carbocycles. The summed E-state index contributed by atoms with van der Waals surface area (Å²) in [7, 11) is 0. The molecule has 0 bridgehead atoms. The maximum absolute atomic E-state index is 10.6. The molecule has 4 heteroatoms. The standard InChI is InChI=1S/C7H10N2O2/c1-2-3-5-4-8-7(11)9-6(5)10/h2,4,6,10H,1,3H2,(H2,8,9,11). The summed E-state index contributed by atoms with van der Waals surface area (Å²) in [5, 5.41) is 13.9. The highest BCUT2D eigenvalue weighted by atomic mass is 16.3. The van der Waals surface area contributed by atoms with E-state index in [9.17, 15) is 9.90 Å². The highest BCUT2D eigenvalue weighted by Crippen LogP contribution is 2.07. The first kappa shape index (κ1) is 7.81. The number of rotatable bonds is 2. The first-order valence-corrected chi connectivity index (χ1v) is 3.29. The van der Waals surface area contributed by atoms with Crippen LogP contribution in [0, 0.1) is 0 Å². The second-order valence-corrected chi connectivity index (χ2v) is 2.23. The third-order valence-corrected chi connectivity index (χ3v) is 1.39. The molecular weight excluding hydrogens is 144 g/mol. The van der Waals surface area contributed by atoms with Crippen LogP contribution < -0.4 is 10.6 Å². The molecule has 2 amide bonds. The zero-order chi connectivity index (χ0) is 8.27. The Morgan fingerprint density at radius 3 is 3.09 bits per heavy atom. The van der Waals surface area contributed by atoms with Crippen molar-refractivity contribution >= 4 is 6.03 Å². The topological polar surface area (TPSA) is 61.4 Å². The Labute approximate surface area is 64.6 Å². The van der Waals surface area contributed by atoms with Crippen molar-refractivity contribution in [1.82, 2.24) is 10.6 Å². The van der Waals surface area contributed by atoms with Gasteiger partial charge in [-0.1, -0.05) is 6.08 Å². The van der Waals surface area contributed by atoms with Crippen LogP contribution in [0.5, 0.6) is 0 Å². The number of hydrogen-bond donors (Lipinski definition) is 3. The lowest BCUT2D eigenvalue weighted by Gasteiger charge is -2.20. The zero-order valence-corrected chi connectivity index (χ0v) is 6.00. The summed E-state index contributed by atoms with van der Waals surface area (Å²) in [6.45, 7) is 3.52. The van der Waals surface area contributed by atoms with Gasteiger partial charge >= 0.3 is 6.03 Å². The van der Waals surface area contributed by atoms with Crippen molar-refractivity contribution in [2.24, 2.45) is 0 Å². The van der Waals surface area contributed by atoms with E-state index in [1.165, 1.54) is 6.20 Å². The largest absolute Gasteiger partial charge is 0.370 e. The average molecular weight is 154 g/mol. The molecule has 0 radical (unpaired) electrons. The maximum atomic E-state index is 10.6. The van der Waals surface area contributed by atoms with E-state index in [-0.39, 0.29) is 6.03 Å². The fourth-order valence-corrected chi connectivity index (χ4v) is 0.833. The molecule has 60 valence electrons. The summed E-state index contributed by atoms with van der Waals surface area (Å²) in [6, 6.07) is -0.384. The van der Waals surface area contributed by atoms with Crippen LogP contribution in [0.2, 0.25) is 0 Å². The van der Waals surface area contributed by atoms with Gasteiger partial charge in [0, 0.05) is 6.20 Å². The summed E-state index contributed by atoms with van der Waals surface area (Å²) < 4.78 is 0. The quantitative estimate of drug-likeness (QED) is 0.493. The maximum Gasteiger partial charge on any atom is 0.321 e. The molecular formula is C7H10N2O2. The van der Waals surface area contributed by atoms with Gasteiger partial charge in [-0.3, -0.25) is 0 Å². The summed E-state index contributed by atoms with van der Waals surface area (Å²) in [5.41, 5.74) is 0.708. The van der Waals surface area contributed by atoms with Crippen molar-refractivity contribution in [3.05, 3.63) is 24.4 Å². The molecule has 0 aliphatic carbocycles. The number of carbonyl (C=O) groups is 1. The van der Waals surface area contributed by atoms with Gasteiger partial charge in [-0.2, -0.15) is 0 Å². The predicted octanol–water partition coefficient (Wildman–Crippen LogP) is 0.0776. The molecule has 1 aliphatic heterocycles. The van der Waals surface area contributed by atoms with Crippen molar-refractivity contribution in [1.29, 1.82) is 0 Å². The minimum atomic E-state index is -0.873. The van der Waals surface area contributed by atoms with Crippen LogP contribution in [0.1, 0.15) is 6.42 Å². The van der Waals surface area contributed by atoms with E-state index in [4.69, 9.17) is 0 Å². The summed E-state index contributed by atoms with van der Waals surface area (Å²) in [5.74, 6) is 0. The molecule has 1 aliphatic rings. The molecule has 0 saturated heterocycles. The monoisotopic (exact) mass is 154 g/mol. The normalized spacial score (nSPS) is 23.2. The molecule has 0 fully saturated rings. The molecule has 1 rings (SSSR count). The summed E-state index contributed by atoms with van der Waals surface area (Å²) in [4.78, 5) is 10.6. The Kier molecular flexibility index (Phi) is 2.28. The smallest absolute Gasteiger partial charge is 0.321 e. The van der Waals surface area contributed by atoms with Crippen molar-refractivity contribution in [3.63, 3.8) is 0 Å². The van der Waals surface area contributed by atoms with Gasteiger partial charge in [0.2, 0.25) is 0 Å². The van der Waals surface area contributed by atoms with E-state index in [2.05, 4.69) is 17.2 Å². The van der Waals surface area contributed by atoms with Gasteiger partial charge in [0.25, 0.3) is 0 Å². The fourth-order valence-electron chi connectivity index (χ4n) is 0.833. The first-order valence-electron chi connectivity index (χ1n) is 3.29. The van der Waals surface area contributed by atoms with E-state index >= 15 is 0 Å². The van der Waals surface area contributed by atoms with Gasteiger partial charge in [-0.15, -0.1) is 6.58 Å². The number of allylic oxidation sites excluding steroid dienone is 1. The molecule has 0 aromatic rings. The lowest BCUT2D eigenvalue weighted by molar-refractivity contribution is 0.163. The molecule has 1 atom stereocenters. The molecule has 0 spiro atoms. The minimum absolute atomic E-state index is 0.384. The van der Waals surface area contributed by atoms with Crippen molar-refractivity contribution in [2.75, 3.05) is 0 Å². The van der Waals surface area contributed by atoms with E-state index in [0.29, 0.717) is 12.0 Å². The second kappa shape index (κ2) is 3.21. The minimum Gasteiger partial charge on any atom is -0.370 e. The number of amides is 2. The number of urea groups is 1. The molecule has 1 unspecified atom stereocenters. The van der Waals surface area contributed by atoms with Gasteiger partial charge in [0.05, 0.1) is 0 Å². The van der Waals surface area contributed by atoms with Crippen LogP contribution in [0.25, 0.3) is 0 Å². The Bertz CT molecular complexity index is 210. The molecule has 0 aromatic carbocycles. The van der Waals surface area contributed by atoms with Crippen molar-refractivity contribution in [3.8, 4) is 0 Å². The predicted molar refractivity (Wildman–Crippen MR) is 40.6 cm³/mol. The third kappa shape index (κ3) is 1.81. The molecule has 11 heavy (non-hydrogen) atoms. The van der Waals surface area contributed by atoms with Crippen LogP contribution in [0.4, 0.5) is 4.79 Å². The summed E-state index contributed by atoms with van der Waals surface area (Å²) in [6.07, 6.45) is 2.84. The van der Waals surface area contributed by atoms with Crippen LogP contribution in [-0.2, 0) is 0 Å². The number of carbonyl (C=O) groups excluding carboxylic acids is 1. The second-order valence-electron chi connectivity index (χ2n) is 2.23. The first-order chi connectivity index (χ1) is 5.24. The van der Waals surface area contributed by atoms with Crippen LogP contribution >= 0.6 is 0 Å². The van der Waals surface area contributed by atoms with Gasteiger partial charge in [-0.05, 0) is 12.0 Å². The Hall–Kier alpha value is -1.29. The van der Waals surface area contributed by atoms with Gasteiger partial charge in [0.1, 0.15) is 0 Å². The number of hydrogen-bond acceptors (Lipinski definition) is 2. The SMILES string of the molecule is C=CCC1=CNC(=O)NC1O. The lowest BCUT2D eigenvalue weighted by Crippen LogP contribution is -2.45. The third-order valence-electron chi connectivity index (χ3n) is 1.39. The fraction of sp³-hybridized carbons (Fsp3) is 0.286. The zero-order valence-electron chi connectivity index (χ0n) is 6.00. The Balaban J connectivity index is 2.63. The highest BCUT2D eigenvalue weighted by molar-refractivity contribution is 5.76. The molecule has 3 N–H and O–H groups in total. The number of aliphatic hydroxyl groups is 1. The van der Waals surface area contributed by atoms with E-state index in [1.54, 1.807) is 6.08 Å². The van der Waals surface area contributed by atoms with E-state index in [0.717, 1.165) is 0 Å². The number of aliphatic hydroxyl groups excluding tert-OH is 1. The molecule has 0 aromatic heterocycles. The molecule has 1 heterocycles. The lowest BCUT2D eigenvalue weighted by atomic mass is 10.1. The summed E-state index contributed by atoms with van der Waals surface area (Å²) >= 11 is 0. The van der Waals surface area contributed by atoms with Crippen LogP contribution in [0.15, 0.2) is 24.4 Å². The van der Waals surface area contributed by atoms with Gasteiger partial charge in [0.15, 0.2) is 6.23 Å². The number of nitrogens with one attached hydrogen (secondary N) is 2. The average Bonchev–Trinajstić information content (AvgIpc) is 1.95. The Morgan fingerprint density at radius 1 is 1.82 bits per heavy atom. The van der Waals surface area contributed by atoms with E-state index in [1.807, 2.05) is 0 Å². The van der Waals surface area contributed by atoms with Gasteiger partial charge in [-0.25, -0.2) is 4.79 Å². The Morgan fingerprint density at radius 2 is 2.55 bits per heavy atom. The highest BCUT2D eigenvalue weighted by Gasteiger charge is 2.16. The van der Waals surface area contributed by atoms with Crippen molar-refractivity contribution < 1.29 is 9.90 Å². The van der Waals surface area contributed by atoms with E-state index < -0.39 is 6.23 Å².